The highest BCUT2D eigenvalue weighted by atomic mass is 16.2. The number of aryl methyl sites for hydroxylation is 2. The lowest BCUT2D eigenvalue weighted by Gasteiger charge is -2.25. The smallest absolute Gasteiger partial charge is 0.231 e. The van der Waals surface area contributed by atoms with Crippen LogP contribution in [0.3, 0.4) is 0 Å². The van der Waals surface area contributed by atoms with Gasteiger partial charge in [0.05, 0.1) is 22.5 Å². The van der Waals surface area contributed by atoms with Crippen LogP contribution in [-0.4, -0.2) is 22.2 Å². The van der Waals surface area contributed by atoms with Crippen LogP contribution >= 0.6 is 0 Å². The summed E-state index contributed by atoms with van der Waals surface area (Å²) in [5.41, 5.74) is 7.73. The summed E-state index contributed by atoms with van der Waals surface area (Å²) in [6.07, 6.45) is 0.716. The highest BCUT2D eigenvalue weighted by Crippen LogP contribution is 2.25. The molecule has 0 spiro atoms. The van der Waals surface area contributed by atoms with Crippen molar-refractivity contribution >= 4 is 11.6 Å². The summed E-state index contributed by atoms with van der Waals surface area (Å²) in [6.45, 7) is 8.00. The SMILES string of the molecule is CCC(C)(CN)C(=O)Nc1c(C)nn(C)c1C. The average molecular weight is 238 g/mol. The van der Waals surface area contributed by atoms with Crippen molar-refractivity contribution in [3.63, 3.8) is 0 Å². The minimum Gasteiger partial charge on any atom is -0.329 e. The Kier molecular flexibility index (Phi) is 3.93. The molecule has 3 N–H and O–H groups in total. The third kappa shape index (κ3) is 2.49. The van der Waals surface area contributed by atoms with Gasteiger partial charge in [-0.05, 0) is 27.2 Å². The summed E-state index contributed by atoms with van der Waals surface area (Å²) in [5.74, 6) is -0.0401. The number of nitrogens with zero attached hydrogens (tertiary/aromatic N) is 2. The van der Waals surface area contributed by atoms with Crippen LogP contribution in [0.4, 0.5) is 5.69 Å². The Hall–Kier alpha value is -1.36. The van der Waals surface area contributed by atoms with E-state index in [1.54, 1.807) is 4.68 Å². The fourth-order valence-electron chi connectivity index (χ4n) is 1.62. The zero-order valence-electron chi connectivity index (χ0n) is 11.3. The van der Waals surface area contributed by atoms with Crippen molar-refractivity contribution < 1.29 is 4.79 Å². The second-order valence-electron chi connectivity index (χ2n) is 4.74. The molecule has 5 heteroatoms. The zero-order valence-corrected chi connectivity index (χ0v) is 11.3. The first-order valence-corrected chi connectivity index (χ1v) is 5.87. The molecule has 0 aliphatic carbocycles. The normalized spacial score (nSPS) is 14.5. The number of hydrogen-bond donors (Lipinski definition) is 2. The highest BCUT2D eigenvalue weighted by Gasteiger charge is 2.30. The molecule has 0 saturated heterocycles. The molecule has 1 amide bonds. The number of carbonyl (C=O) groups is 1. The van der Waals surface area contributed by atoms with Crippen molar-refractivity contribution in [2.45, 2.75) is 34.1 Å². The van der Waals surface area contributed by atoms with Gasteiger partial charge in [0.15, 0.2) is 0 Å². The van der Waals surface area contributed by atoms with E-state index in [1.165, 1.54) is 0 Å². The van der Waals surface area contributed by atoms with E-state index in [2.05, 4.69) is 10.4 Å². The summed E-state index contributed by atoms with van der Waals surface area (Å²) in [4.78, 5) is 12.2. The van der Waals surface area contributed by atoms with E-state index in [0.717, 1.165) is 17.1 Å². The molecular formula is C12H22N4O. The van der Waals surface area contributed by atoms with E-state index in [1.807, 2.05) is 34.7 Å². The van der Waals surface area contributed by atoms with Gasteiger partial charge in [0, 0.05) is 13.6 Å². The quantitative estimate of drug-likeness (QED) is 0.831. The van der Waals surface area contributed by atoms with Crippen molar-refractivity contribution in [3.05, 3.63) is 11.4 Å². The van der Waals surface area contributed by atoms with Crippen molar-refractivity contribution in [1.82, 2.24) is 9.78 Å². The first-order chi connectivity index (χ1) is 7.85. The maximum absolute atomic E-state index is 12.2. The first-order valence-electron chi connectivity index (χ1n) is 5.87. The Balaban J connectivity index is 2.95. The summed E-state index contributed by atoms with van der Waals surface area (Å²) < 4.78 is 1.76. The summed E-state index contributed by atoms with van der Waals surface area (Å²) in [7, 11) is 1.86. The molecule has 1 heterocycles. The highest BCUT2D eigenvalue weighted by molar-refractivity contribution is 5.96. The number of amides is 1. The fourth-order valence-corrected chi connectivity index (χ4v) is 1.62. The van der Waals surface area contributed by atoms with Gasteiger partial charge in [0.25, 0.3) is 0 Å². The lowest BCUT2D eigenvalue weighted by atomic mass is 9.86. The number of anilines is 1. The largest absolute Gasteiger partial charge is 0.329 e. The van der Waals surface area contributed by atoms with Gasteiger partial charge < -0.3 is 11.1 Å². The molecule has 1 aromatic rings. The summed E-state index contributed by atoms with van der Waals surface area (Å²) in [6, 6.07) is 0. The van der Waals surface area contributed by atoms with Crippen molar-refractivity contribution in [3.8, 4) is 0 Å². The number of nitrogens with one attached hydrogen (secondary N) is 1. The molecule has 96 valence electrons. The van der Waals surface area contributed by atoms with Gasteiger partial charge in [-0.25, -0.2) is 0 Å². The van der Waals surface area contributed by atoms with Gasteiger partial charge in [0.2, 0.25) is 5.91 Å². The molecule has 5 nitrogen and oxygen atoms in total. The Bertz CT molecular complexity index is 418. The van der Waals surface area contributed by atoms with Gasteiger partial charge in [-0.15, -0.1) is 0 Å². The van der Waals surface area contributed by atoms with E-state index in [-0.39, 0.29) is 5.91 Å². The summed E-state index contributed by atoms with van der Waals surface area (Å²) >= 11 is 0. The van der Waals surface area contributed by atoms with Gasteiger partial charge in [-0.3, -0.25) is 9.48 Å². The maximum Gasteiger partial charge on any atom is 0.231 e. The Morgan fingerprint density at radius 1 is 1.53 bits per heavy atom. The Labute approximate surface area is 102 Å². The third-order valence-electron chi connectivity index (χ3n) is 3.53. The molecule has 0 fully saturated rings. The van der Waals surface area contributed by atoms with Crippen LogP contribution in [0.2, 0.25) is 0 Å². The summed E-state index contributed by atoms with van der Waals surface area (Å²) in [5, 5.41) is 7.21. The number of aromatic nitrogens is 2. The first kappa shape index (κ1) is 13.7. The second-order valence-corrected chi connectivity index (χ2v) is 4.74. The standard InChI is InChI=1S/C12H22N4O/c1-6-12(4,7-13)11(17)14-10-8(2)15-16(5)9(10)3/h6-7,13H2,1-5H3,(H,14,17). The molecule has 0 bridgehead atoms. The molecule has 0 aromatic carbocycles. The molecular weight excluding hydrogens is 216 g/mol. The van der Waals surface area contributed by atoms with Crippen LogP contribution in [0.15, 0.2) is 0 Å². The topological polar surface area (TPSA) is 72.9 Å². The maximum atomic E-state index is 12.2. The van der Waals surface area contributed by atoms with E-state index in [0.29, 0.717) is 13.0 Å². The molecule has 17 heavy (non-hydrogen) atoms. The van der Waals surface area contributed by atoms with Crippen molar-refractivity contribution in [2.75, 3.05) is 11.9 Å². The second kappa shape index (κ2) is 4.87. The number of nitrogens with two attached hydrogens (primary N) is 1. The zero-order chi connectivity index (χ0) is 13.2. The molecule has 0 aliphatic heterocycles. The number of rotatable bonds is 4. The lowest BCUT2D eigenvalue weighted by molar-refractivity contribution is -0.124. The Morgan fingerprint density at radius 3 is 2.47 bits per heavy atom. The minimum atomic E-state index is -0.519. The molecule has 0 saturated carbocycles. The molecule has 1 aromatic heterocycles. The third-order valence-corrected chi connectivity index (χ3v) is 3.53. The van der Waals surface area contributed by atoms with Crippen LogP contribution in [0.5, 0.6) is 0 Å². The number of hydrogen-bond acceptors (Lipinski definition) is 3. The van der Waals surface area contributed by atoms with E-state index in [9.17, 15) is 4.79 Å². The van der Waals surface area contributed by atoms with Crippen LogP contribution in [0.1, 0.15) is 31.7 Å². The molecule has 1 rings (SSSR count). The fraction of sp³-hybridized carbons (Fsp3) is 0.667. The van der Waals surface area contributed by atoms with Gasteiger partial charge in [-0.1, -0.05) is 6.92 Å². The van der Waals surface area contributed by atoms with Gasteiger partial charge >= 0.3 is 0 Å². The molecule has 1 atom stereocenters. The van der Waals surface area contributed by atoms with E-state index >= 15 is 0 Å². The van der Waals surface area contributed by atoms with Crippen molar-refractivity contribution in [2.24, 2.45) is 18.2 Å². The molecule has 0 radical (unpaired) electrons. The Morgan fingerprint density at radius 2 is 2.12 bits per heavy atom. The minimum absolute atomic E-state index is 0.0401. The van der Waals surface area contributed by atoms with Crippen molar-refractivity contribution in [1.29, 1.82) is 0 Å². The van der Waals surface area contributed by atoms with Crippen LogP contribution in [0.25, 0.3) is 0 Å². The predicted molar refractivity (Wildman–Crippen MR) is 68.8 cm³/mol. The van der Waals surface area contributed by atoms with Crippen LogP contribution < -0.4 is 11.1 Å². The van der Waals surface area contributed by atoms with Gasteiger partial charge in [0.1, 0.15) is 0 Å². The van der Waals surface area contributed by atoms with Crippen LogP contribution in [-0.2, 0) is 11.8 Å². The van der Waals surface area contributed by atoms with E-state index in [4.69, 9.17) is 5.73 Å². The molecule has 0 aliphatic rings. The lowest BCUT2D eigenvalue weighted by Crippen LogP contribution is -2.39. The predicted octanol–water partition coefficient (Wildman–Crippen LogP) is 1.35. The average Bonchev–Trinajstić information content (AvgIpc) is 2.54. The van der Waals surface area contributed by atoms with E-state index < -0.39 is 5.41 Å². The van der Waals surface area contributed by atoms with Gasteiger partial charge in [-0.2, -0.15) is 5.10 Å². The number of carbonyl (C=O) groups excluding carboxylic acids is 1. The van der Waals surface area contributed by atoms with Crippen LogP contribution in [0, 0.1) is 19.3 Å². The monoisotopic (exact) mass is 238 g/mol. The molecule has 1 unspecified atom stereocenters.